The predicted octanol–water partition coefficient (Wildman–Crippen LogP) is 2.70. The van der Waals surface area contributed by atoms with Crippen molar-refractivity contribution in [1.29, 1.82) is 0 Å². The second-order valence-electron chi connectivity index (χ2n) is 4.32. The van der Waals surface area contributed by atoms with E-state index in [2.05, 4.69) is 0 Å². The Morgan fingerprint density at radius 3 is 2.16 bits per heavy atom. The molecular formula is C13H16F3NO2. The Hall–Kier alpha value is -1.56. The Balaban J connectivity index is 2.72. The van der Waals surface area contributed by atoms with Crippen molar-refractivity contribution in [2.24, 2.45) is 0 Å². The number of halogens is 3. The van der Waals surface area contributed by atoms with Crippen molar-refractivity contribution in [1.82, 2.24) is 4.90 Å². The van der Waals surface area contributed by atoms with Crippen molar-refractivity contribution in [3.05, 3.63) is 35.4 Å². The average molecular weight is 275 g/mol. The summed E-state index contributed by atoms with van der Waals surface area (Å²) in [6, 6.07) is 7.12. The quantitative estimate of drug-likeness (QED) is 0.867. The van der Waals surface area contributed by atoms with Gasteiger partial charge in [-0.3, -0.25) is 9.69 Å². The van der Waals surface area contributed by atoms with E-state index in [0.29, 0.717) is 5.56 Å². The molecule has 1 aromatic carbocycles. The molecule has 1 aromatic rings. The molecule has 19 heavy (non-hydrogen) atoms. The number of carboxylic acids is 1. The van der Waals surface area contributed by atoms with E-state index < -0.39 is 25.2 Å². The van der Waals surface area contributed by atoms with E-state index in [4.69, 9.17) is 5.11 Å². The van der Waals surface area contributed by atoms with Crippen LogP contribution in [0, 0.1) is 0 Å². The number of benzene rings is 1. The smallest absolute Gasteiger partial charge is 0.401 e. The zero-order valence-electron chi connectivity index (χ0n) is 10.6. The number of hydrogen-bond donors (Lipinski definition) is 1. The summed E-state index contributed by atoms with van der Waals surface area (Å²) >= 11 is 0. The summed E-state index contributed by atoms with van der Waals surface area (Å²) in [6.07, 6.45) is -3.56. The molecule has 1 rings (SSSR count). The van der Waals surface area contributed by atoms with Gasteiger partial charge < -0.3 is 5.11 Å². The van der Waals surface area contributed by atoms with Gasteiger partial charge in [0, 0.05) is 6.54 Å². The number of carbonyl (C=O) groups is 1. The van der Waals surface area contributed by atoms with E-state index in [1.165, 1.54) is 0 Å². The molecule has 0 bridgehead atoms. The van der Waals surface area contributed by atoms with Crippen LogP contribution in [0.2, 0.25) is 0 Å². The van der Waals surface area contributed by atoms with Gasteiger partial charge in [-0.15, -0.1) is 0 Å². The van der Waals surface area contributed by atoms with Crippen LogP contribution in [0.4, 0.5) is 13.2 Å². The molecule has 0 radical (unpaired) electrons. The van der Waals surface area contributed by atoms with Gasteiger partial charge in [0.1, 0.15) is 0 Å². The average Bonchev–Trinajstić information content (AvgIpc) is 2.26. The molecule has 0 aliphatic rings. The molecule has 0 spiro atoms. The number of nitrogens with zero attached hydrogens (tertiary/aromatic N) is 1. The minimum atomic E-state index is -4.40. The van der Waals surface area contributed by atoms with Crippen LogP contribution in [-0.2, 0) is 17.8 Å². The highest BCUT2D eigenvalue weighted by Gasteiger charge is 2.31. The molecule has 0 amide bonds. The van der Waals surface area contributed by atoms with Gasteiger partial charge in [0.25, 0.3) is 0 Å². The van der Waals surface area contributed by atoms with Crippen LogP contribution in [0.1, 0.15) is 18.1 Å². The third-order valence-corrected chi connectivity index (χ3v) is 2.60. The minimum Gasteiger partial charge on any atom is -0.480 e. The predicted molar refractivity (Wildman–Crippen MR) is 64.8 cm³/mol. The van der Waals surface area contributed by atoms with Crippen LogP contribution < -0.4 is 0 Å². The molecule has 0 fully saturated rings. The molecule has 1 N–H and O–H groups in total. The van der Waals surface area contributed by atoms with Crippen LogP contribution in [-0.4, -0.2) is 35.2 Å². The van der Waals surface area contributed by atoms with Gasteiger partial charge in [-0.1, -0.05) is 31.2 Å². The summed E-state index contributed by atoms with van der Waals surface area (Å²) in [6.45, 7) is 0.0923. The molecule has 0 heterocycles. The van der Waals surface area contributed by atoms with E-state index in [-0.39, 0.29) is 6.54 Å². The normalized spacial score (nSPS) is 11.8. The van der Waals surface area contributed by atoms with Gasteiger partial charge in [-0.05, 0) is 17.5 Å². The topological polar surface area (TPSA) is 40.5 Å². The van der Waals surface area contributed by atoms with Crippen molar-refractivity contribution in [3.63, 3.8) is 0 Å². The number of alkyl halides is 3. The van der Waals surface area contributed by atoms with Crippen LogP contribution in [0.3, 0.4) is 0 Å². The summed E-state index contributed by atoms with van der Waals surface area (Å²) in [7, 11) is 0. The molecule has 0 atom stereocenters. The fraction of sp³-hybridized carbons (Fsp3) is 0.462. The van der Waals surface area contributed by atoms with Crippen LogP contribution in [0.15, 0.2) is 24.3 Å². The van der Waals surface area contributed by atoms with Crippen molar-refractivity contribution in [2.45, 2.75) is 26.1 Å². The number of aliphatic carboxylic acids is 1. The highest BCUT2D eigenvalue weighted by Crippen LogP contribution is 2.18. The molecule has 0 aliphatic carbocycles. The first-order valence-corrected chi connectivity index (χ1v) is 5.89. The maximum Gasteiger partial charge on any atom is 0.401 e. The Morgan fingerprint density at radius 2 is 1.74 bits per heavy atom. The van der Waals surface area contributed by atoms with Gasteiger partial charge in [-0.2, -0.15) is 13.2 Å². The Kier molecular flexibility index (Phi) is 5.35. The summed E-state index contributed by atoms with van der Waals surface area (Å²) in [5.74, 6) is -1.27. The number of carboxylic acid groups (broad SMARTS) is 1. The largest absolute Gasteiger partial charge is 0.480 e. The van der Waals surface area contributed by atoms with Crippen molar-refractivity contribution >= 4 is 5.97 Å². The molecule has 0 aromatic heterocycles. The molecular weight excluding hydrogens is 259 g/mol. The van der Waals surface area contributed by atoms with E-state index in [0.717, 1.165) is 16.9 Å². The zero-order chi connectivity index (χ0) is 14.5. The SMILES string of the molecule is CCc1ccc(CN(CC(=O)O)CC(F)(F)F)cc1. The summed E-state index contributed by atoms with van der Waals surface area (Å²) < 4.78 is 37.0. The first-order valence-electron chi connectivity index (χ1n) is 5.89. The second-order valence-corrected chi connectivity index (χ2v) is 4.32. The van der Waals surface area contributed by atoms with Gasteiger partial charge in [0.2, 0.25) is 0 Å². The molecule has 106 valence electrons. The van der Waals surface area contributed by atoms with Gasteiger partial charge in [0.15, 0.2) is 0 Å². The van der Waals surface area contributed by atoms with Crippen molar-refractivity contribution in [2.75, 3.05) is 13.1 Å². The molecule has 3 nitrogen and oxygen atoms in total. The molecule has 6 heteroatoms. The van der Waals surface area contributed by atoms with Gasteiger partial charge in [-0.25, -0.2) is 0 Å². The standard InChI is InChI=1S/C13H16F3NO2/c1-2-10-3-5-11(6-4-10)7-17(8-12(18)19)9-13(14,15)16/h3-6H,2,7-9H2,1H3,(H,18,19). The first kappa shape index (κ1) is 15.5. The maximum atomic E-state index is 12.3. The fourth-order valence-corrected chi connectivity index (χ4v) is 1.75. The zero-order valence-corrected chi connectivity index (χ0v) is 10.6. The van der Waals surface area contributed by atoms with E-state index >= 15 is 0 Å². The Morgan fingerprint density at radius 1 is 1.21 bits per heavy atom. The third-order valence-electron chi connectivity index (χ3n) is 2.60. The third kappa shape index (κ3) is 6.24. The highest BCUT2D eigenvalue weighted by atomic mass is 19.4. The van der Waals surface area contributed by atoms with Crippen molar-refractivity contribution in [3.8, 4) is 0 Å². The molecule has 0 unspecified atom stereocenters. The van der Waals surface area contributed by atoms with E-state index in [9.17, 15) is 18.0 Å². The molecule has 0 saturated carbocycles. The van der Waals surface area contributed by atoms with Crippen LogP contribution in [0.5, 0.6) is 0 Å². The number of aryl methyl sites for hydroxylation is 1. The Bertz CT molecular complexity index is 415. The first-order chi connectivity index (χ1) is 8.80. The van der Waals surface area contributed by atoms with E-state index in [1.54, 1.807) is 12.1 Å². The fourth-order valence-electron chi connectivity index (χ4n) is 1.75. The van der Waals surface area contributed by atoms with Crippen LogP contribution in [0.25, 0.3) is 0 Å². The molecule has 0 aliphatic heterocycles. The van der Waals surface area contributed by atoms with Gasteiger partial charge >= 0.3 is 12.1 Å². The van der Waals surface area contributed by atoms with Gasteiger partial charge in [0.05, 0.1) is 13.1 Å². The van der Waals surface area contributed by atoms with Crippen molar-refractivity contribution < 1.29 is 23.1 Å². The number of rotatable bonds is 6. The lowest BCUT2D eigenvalue weighted by Gasteiger charge is -2.21. The van der Waals surface area contributed by atoms with Crippen LogP contribution >= 0.6 is 0 Å². The lowest BCUT2D eigenvalue weighted by molar-refractivity contribution is -0.154. The summed E-state index contributed by atoms with van der Waals surface area (Å²) in [4.78, 5) is 11.4. The summed E-state index contributed by atoms with van der Waals surface area (Å²) in [5.41, 5.74) is 1.76. The Labute approximate surface area is 109 Å². The highest BCUT2D eigenvalue weighted by molar-refractivity contribution is 5.69. The summed E-state index contributed by atoms with van der Waals surface area (Å²) in [5, 5.41) is 8.63. The monoisotopic (exact) mass is 275 g/mol. The lowest BCUT2D eigenvalue weighted by atomic mass is 10.1. The molecule has 0 saturated heterocycles. The maximum absolute atomic E-state index is 12.3. The van der Waals surface area contributed by atoms with E-state index in [1.807, 2.05) is 19.1 Å². The lowest BCUT2D eigenvalue weighted by Crippen LogP contribution is -2.37. The second kappa shape index (κ2) is 6.56. The number of hydrogen-bond acceptors (Lipinski definition) is 2. The minimum absolute atomic E-state index is 0.0319.